The first-order chi connectivity index (χ1) is 9.28. The van der Waals surface area contributed by atoms with Gasteiger partial charge in [-0.05, 0) is 38.5 Å². The predicted molar refractivity (Wildman–Crippen MR) is 79.1 cm³/mol. The molecule has 3 aliphatic rings. The SMILES string of the molecule is C[N@+]12CCCC[C@@H]1[C@H](COC1CCCCC1)CCC2. The van der Waals surface area contributed by atoms with Crippen LogP contribution in [0.5, 0.6) is 0 Å². The number of piperidine rings is 2. The molecule has 0 N–H and O–H groups in total. The quantitative estimate of drug-likeness (QED) is 0.707. The van der Waals surface area contributed by atoms with E-state index in [0.717, 1.165) is 18.6 Å². The molecule has 0 aromatic heterocycles. The number of hydrogen-bond donors (Lipinski definition) is 0. The van der Waals surface area contributed by atoms with Gasteiger partial charge in [0.1, 0.15) is 0 Å². The van der Waals surface area contributed by atoms with Crippen LogP contribution in [0, 0.1) is 5.92 Å². The van der Waals surface area contributed by atoms with Crippen molar-refractivity contribution in [2.45, 2.75) is 76.4 Å². The highest BCUT2D eigenvalue weighted by Gasteiger charge is 2.43. The third-order valence-corrected chi connectivity index (χ3v) is 6.11. The highest BCUT2D eigenvalue weighted by molar-refractivity contribution is 4.79. The van der Waals surface area contributed by atoms with Crippen LogP contribution in [0.25, 0.3) is 0 Å². The van der Waals surface area contributed by atoms with Crippen molar-refractivity contribution < 1.29 is 9.22 Å². The molecule has 3 atom stereocenters. The average Bonchev–Trinajstić information content (AvgIpc) is 2.45. The molecule has 1 aliphatic carbocycles. The summed E-state index contributed by atoms with van der Waals surface area (Å²) in [7, 11) is 2.51. The number of fused-ring (bicyclic) bond motifs is 1. The summed E-state index contributed by atoms with van der Waals surface area (Å²) in [6.07, 6.45) is 14.7. The van der Waals surface area contributed by atoms with Crippen LogP contribution in [-0.4, -0.2) is 43.4 Å². The van der Waals surface area contributed by atoms with Crippen molar-refractivity contribution >= 4 is 0 Å². The van der Waals surface area contributed by atoms with Crippen LogP contribution in [0.4, 0.5) is 0 Å². The van der Waals surface area contributed by atoms with E-state index in [9.17, 15) is 0 Å². The van der Waals surface area contributed by atoms with Crippen LogP contribution in [0.2, 0.25) is 0 Å². The third-order valence-electron chi connectivity index (χ3n) is 6.11. The first-order valence-corrected chi connectivity index (χ1v) is 8.74. The summed E-state index contributed by atoms with van der Waals surface area (Å²) in [4.78, 5) is 0. The summed E-state index contributed by atoms with van der Waals surface area (Å²) < 4.78 is 7.67. The van der Waals surface area contributed by atoms with Crippen LogP contribution in [0.1, 0.15) is 64.2 Å². The molecule has 2 saturated heterocycles. The molecule has 1 saturated carbocycles. The van der Waals surface area contributed by atoms with E-state index in [1.807, 2.05) is 0 Å². The Morgan fingerprint density at radius 3 is 2.42 bits per heavy atom. The Kier molecular flexibility index (Phi) is 4.48. The maximum absolute atomic E-state index is 6.31. The van der Waals surface area contributed by atoms with Gasteiger partial charge in [-0.2, -0.15) is 0 Å². The van der Waals surface area contributed by atoms with E-state index in [1.54, 1.807) is 0 Å². The molecule has 0 aromatic rings. The van der Waals surface area contributed by atoms with E-state index in [-0.39, 0.29) is 0 Å². The van der Waals surface area contributed by atoms with E-state index >= 15 is 0 Å². The maximum atomic E-state index is 6.31. The Morgan fingerprint density at radius 1 is 0.842 bits per heavy atom. The second-order valence-corrected chi connectivity index (χ2v) is 7.49. The van der Waals surface area contributed by atoms with E-state index in [1.165, 1.54) is 81.8 Å². The van der Waals surface area contributed by atoms with E-state index in [0.29, 0.717) is 6.10 Å². The molecule has 19 heavy (non-hydrogen) atoms. The van der Waals surface area contributed by atoms with Crippen molar-refractivity contribution in [2.24, 2.45) is 5.92 Å². The third kappa shape index (κ3) is 3.16. The summed E-state index contributed by atoms with van der Waals surface area (Å²) >= 11 is 0. The van der Waals surface area contributed by atoms with Gasteiger partial charge in [0, 0.05) is 12.3 Å². The highest BCUT2D eigenvalue weighted by atomic mass is 16.5. The lowest BCUT2D eigenvalue weighted by Crippen LogP contribution is -2.61. The lowest BCUT2D eigenvalue weighted by Gasteiger charge is -2.51. The zero-order chi connectivity index (χ0) is 13.1. The second kappa shape index (κ2) is 6.13. The van der Waals surface area contributed by atoms with Gasteiger partial charge in [0.2, 0.25) is 0 Å². The Hall–Kier alpha value is -0.0800. The van der Waals surface area contributed by atoms with Gasteiger partial charge in [0.15, 0.2) is 0 Å². The molecule has 2 aliphatic heterocycles. The number of nitrogens with zero attached hydrogens (tertiary/aromatic N) is 1. The molecule has 0 radical (unpaired) electrons. The van der Waals surface area contributed by atoms with Crippen molar-refractivity contribution in [3.8, 4) is 0 Å². The first kappa shape index (κ1) is 13.9. The second-order valence-electron chi connectivity index (χ2n) is 7.49. The molecule has 3 rings (SSSR count). The minimum atomic E-state index is 0.595. The van der Waals surface area contributed by atoms with Crippen molar-refractivity contribution in [1.82, 2.24) is 0 Å². The molecule has 3 fully saturated rings. The highest BCUT2D eigenvalue weighted by Crippen LogP contribution is 2.36. The Bertz CT molecular complexity index is 283. The monoisotopic (exact) mass is 266 g/mol. The van der Waals surface area contributed by atoms with Gasteiger partial charge in [-0.15, -0.1) is 0 Å². The average molecular weight is 266 g/mol. The molecule has 110 valence electrons. The van der Waals surface area contributed by atoms with Gasteiger partial charge in [-0.1, -0.05) is 19.3 Å². The summed E-state index contributed by atoms with van der Waals surface area (Å²) in [6, 6.07) is 0.908. The first-order valence-electron chi connectivity index (χ1n) is 8.74. The van der Waals surface area contributed by atoms with Gasteiger partial charge in [0.05, 0.1) is 38.9 Å². The Labute approximate surface area is 119 Å². The number of ether oxygens (including phenoxy) is 1. The zero-order valence-electron chi connectivity index (χ0n) is 12.8. The fraction of sp³-hybridized carbons (Fsp3) is 1.00. The van der Waals surface area contributed by atoms with Crippen LogP contribution < -0.4 is 0 Å². The van der Waals surface area contributed by atoms with Gasteiger partial charge in [-0.25, -0.2) is 0 Å². The fourth-order valence-corrected chi connectivity index (χ4v) is 4.92. The molecule has 0 bridgehead atoms. The lowest BCUT2D eigenvalue weighted by atomic mass is 9.82. The fourth-order valence-electron chi connectivity index (χ4n) is 4.92. The molecule has 0 unspecified atom stereocenters. The normalized spacial score (nSPS) is 40.9. The van der Waals surface area contributed by atoms with Gasteiger partial charge in [0.25, 0.3) is 0 Å². The van der Waals surface area contributed by atoms with Gasteiger partial charge >= 0.3 is 0 Å². The van der Waals surface area contributed by atoms with Crippen molar-refractivity contribution in [2.75, 3.05) is 26.7 Å². The molecule has 2 heterocycles. The summed E-state index contributed by atoms with van der Waals surface area (Å²) in [6.45, 7) is 3.90. The molecular formula is C17H32NO+. The van der Waals surface area contributed by atoms with E-state index < -0.39 is 0 Å². The van der Waals surface area contributed by atoms with Gasteiger partial charge in [-0.3, -0.25) is 0 Å². The zero-order valence-corrected chi connectivity index (χ0v) is 12.8. The topological polar surface area (TPSA) is 9.23 Å². The minimum Gasteiger partial charge on any atom is -0.378 e. The molecular weight excluding hydrogens is 234 g/mol. The lowest BCUT2D eigenvalue weighted by molar-refractivity contribution is -0.947. The van der Waals surface area contributed by atoms with Crippen LogP contribution >= 0.6 is 0 Å². The molecule has 2 nitrogen and oxygen atoms in total. The molecule has 2 heteroatoms. The van der Waals surface area contributed by atoms with Gasteiger partial charge < -0.3 is 9.22 Å². The standard InChI is InChI=1S/C17H32NO/c1-18-12-6-5-11-17(18)15(8-7-13-18)14-19-16-9-3-2-4-10-16/h15-17H,2-14H2,1H3/q+1/t15-,17+,18+/m0/s1. The molecule has 0 spiro atoms. The molecule has 0 aromatic carbocycles. The van der Waals surface area contributed by atoms with Crippen molar-refractivity contribution in [1.29, 1.82) is 0 Å². The van der Waals surface area contributed by atoms with Crippen LogP contribution in [0.3, 0.4) is 0 Å². The van der Waals surface area contributed by atoms with Crippen molar-refractivity contribution in [3.05, 3.63) is 0 Å². The minimum absolute atomic E-state index is 0.595. The Balaban J connectivity index is 1.54. The number of hydrogen-bond acceptors (Lipinski definition) is 1. The molecule has 0 amide bonds. The smallest absolute Gasteiger partial charge is 0.0939 e. The van der Waals surface area contributed by atoms with Crippen molar-refractivity contribution in [3.63, 3.8) is 0 Å². The predicted octanol–water partition coefficient (Wildman–Crippen LogP) is 3.74. The summed E-state index contributed by atoms with van der Waals surface area (Å²) in [5.41, 5.74) is 0. The van der Waals surface area contributed by atoms with Crippen LogP contribution in [-0.2, 0) is 4.74 Å². The number of quaternary nitrogens is 1. The Morgan fingerprint density at radius 2 is 1.58 bits per heavy atom. The summed E-state index contributed by atoms with van der Waals surface area (Å²) in [5, 5.41) is 0. The summed E-state index contributed by atoms with van der Waals surface area (Å²) in [5.74, 6) is 0.848. The number of rotatable bonds is 3. The van der Waals surface area contributed by atoms with E-state index in [2.05, 4.69) is 7.05 Å². The van der Waals surface area contributed by atoms with E-state index in [4.69, 9.17) is 4.74 Å². The maximum Gasteiger partial charge on any atom is 0.0939 e. The van der Waals surface area contributed by atoms with Crippen LogP contribution in [0.15, 0.2) is 0 Å². The largest absolute Gasteiger partial charge is 0.378 e.